The molecule has 0 amide bonds. The van der Waals surface area contributed by atoms with Crippen LogP contribution in [0.25, 0.3) is 0 Å². The molecule has 102 valence electrons. The van der Waals surface area contributed by atoms with Gasteiger partial charge in [0.2, 0.25) is 0 Å². The van der Waals surface area contributed by atoms with Gasteiger partial charge in [-0.25, -0.2) is 13.1 Å². The maximum atomic E-state index is 12.0. The molecule has 0 aliphatic rings. The number of halogens is 1. The van der Waals surface area contributed by atoms with Crippen molar-refractivity contribution >= 4 is 39.2 Å². The Morgan fingerprint density at radius 2 is 2.28 bits per heavy atom. The van der Waals surface area contributed by atoms with Crippen LogP contribution in [0.1, 0.15) is 20.3 Å². The average Bonchev–Trinajstić information content (AvgIpc) is 2.75. The second-order valence-electron chi connectivity index (χ2n) is 3.86. The van der Waals surface area contributed by atoms with Crippen LogP contribution in [0.3, 0.4) is 0 Å². The number of sulfonamides is 1. The molecule has 0 radical (unpaired) electrons. The van der Waals surface area contributed by atoms with E-state index in [0.717, 1.165) is 17.8 Å². The fourth-order valence-corrected chi connectivity index (χ4v) is 4.08. The summed E-state index contributed by atoms with van der Waals surface area (Å²) >= 11 is 6.70. The molecule has 0 unspecified atom stereocenters. The van der Waals surface area contributed by atoms with Crippen LogP contribution in [0, 0.1) is 5.92 Å². The Labute approximate surface area is 116 Å². The van der Waals surface area contributed by atoms with Gasteiger partial charge in [0, 0.05) is 0 Å². The zero-order valence-corrected chi connectivity index (χ0v) is 12.4. The minimum Gasteiger partial charge on any atom is -0.411 e. The van der Waals surface area contributed by atoms with Crippen molar-refractivity contribution in [3.63, 3.8) is 0 Å². The van der Waals surface area contributed by atoms with Gasteiger partial charge in [0.25, 0.3) is 10.0 Å². The lowest BCUT2D eigenvalue weighted by Crippen LogP contribution is -2.40. The smallest absolute Gasteiger partial charge is 0.250 e. The lowest BCUT2D eigenvalue weighted by molar-refractivity contribution is 0.317. The Morgan fingerprint density at radius 1 is 1.61 bits per heavy atom. The van der Waals surface area contributed by atoms with Crippen molar-refractivity contribution in [1.29, 1.82) is 0 Å². The molecule has 1 aromatic heterocycles. The molecule has 0 saturated heterocycles. The third kappa shape index (κ3) is 3.94. The van der Waals surface area contributed by atoms with E-state index in [9.17, 15) is 8.42 Å². The third-order valence-corrected chi connectivity index (χ3v) is 5.77. The quantitative estimate of drug-likeness (QED) is 0.481. The van der Waals surface area contributed by atoms with Crippen LogP contribution in [0.2, 0.25) is 4.34 Å². The molecule has 1 aromatic rings. The molecule has 0 fully saturated rings. The summed E-state index contributed by atoms with van der Waals surface area (Å²) in [5.41, 5.74) is 0. The van der Waals surface area contributed by atoms with Crippen molar-refractivity contribution in [1.82, 2.24) is 4.72 Å². The van der Waals surface area contributed by atoms with Crippen LogP contribution in [0.5, 0.6) is 0 Å². The van der Waals surface area contributed by atoms with E-state index in [0.29, 0.717) is 4.34 Å². The lowest BCUT2D eigenvalue weighted by atomic mass is 10.0. The molecule has 2 atom stereocenters. The summed E-state index contributed by atoms with van der Waals surface area (Å²) in [5, 5.41) is 11.5. The summed E-state index contributed by atoms with van der Waals surface area (Å²) in [5.74, 6) is 0.0195. The van der Waals surface area contributed by atoms with E-state index in [4.69, 9.17) is 16.8 Å². The minimum absolute atomic E-state index is 0.0195. The Morgan fingerprint density at radius 3 is 2.72 bits per heavy atom. The predicted octanol–water partition coefficient (Wildman–Crippen LogP) is 2.55. The Kier molecular flexibility index (Phi) is 5.58. The van der Waals surface area contributed by atoms with Gasteiger partial charge in [0.05, 0.1) is 16.6 Å². The number of hydrogen-bond donors (Lipinski definition) is 2. The highest BCUT2D eigenvalue weighted by Crippen LogP contribution is 2.25. The molecule has 0 saturated carbocycles. The Bertz CT molecular complexity index is 513. The number of nitrogens with zero attached hydrogens (tertiary/aromatic N) is 1. The number of oxime groups is 1. The van der Waals surface area contributed by atoms with Crippen molar-refractivity contribution in [3.05, 3.63) is 16.5 Å². The molecule has 0 bridgehead atoms. The van der Waals surface area contributed by atoms with Crippen LogP contribution in [-0.4, -0.2) is 25.9 Å². The SMILES string of the molecule is CC[C@H](C)[C@@H](C=NO)NS(=O)(=O)c1ccc(Cl)s1. The molecule has 0 aliphatic heterocycles. The molecule has 8 heteroatoms. The normalized spacial score (nSPS) is 15.9. The number of nitrogens with one attached hydrogen (secondary N) is 1. The molecule has 18 heavy (non-hydrogen) atoms. The first-order chi connectivity index (χ1) is 8.40. The van der Waals surface area contributed by atoms with Gasteiger partial charge in [-0.15, -0.1) is 16.5 Å². The zero-order chi connectivity index (χ0) is 13.8. The van der Waals surface area contributed by atoms with Crippen molar-refractivity contribution in [2.45, 2.75) is 30.5 Å². The second-order valence-corrected chi connectivity index (χ2v) is 7.51. The van der Waals surface area contributed by atoms with Gasteiger partial charge in [-0.1, -0.05) is 31.9 Å². The maximum Gasteiger partial charge on any atom is 0.250 e. The van der Waals surface area contributed by atoms with Gasteiger partial charge >= 0.3 is 0 Å². The summed E-state index contributed by atoms with van der Waals surface area (Å²) in [6.07, 6.45) is 1.94. The van der Waals surface area contributed by atoms with E-state index in [1.807, 2.05) is 13.8 Å². The first kappa shape index (κ1) is 15.4. The highest BCUT2D eigenvalue weighted by molar-refractivity contribution is 7.91. The monoisotopic (exact) mass is 310 g/mol. The van der Waals surface area contributed by atoms with Gasteiger partial charge < -0.3 is 5.21 Å². The zero-order valence-electron chi connectivity index (χ0n) is 10.00. The predicted molar refractivity (Wildman–Crippen MR) is 73.2 cm³/mol. The second kappa shape index (κ2) is 6.51. The fourth-order valence-electron chi connectivity index (χ4n) is 1.30. The van der Waals surface area contributed by atoms with E-state index in [2.05, 4.69) is 9.88 Å². The van der Waals surface area contributed by atoms with Gasteiger partial charge in [0.1, 0.15) is 4.21 Å². The highest BCUT2D eigenvalue weighted by atomic mass is 35.5. The number of hydrogen-bond acceptors (Lipinski definition) is 5. The topological polar surface area (TPSA) is 78.8 Å². The summed E-state index contributed by atoms with van der Waals surface area (Å²) < 4.78 is 27.1. The molecule has 1 heterocycles. The first-order valence-electron chi connectivity index (χ1n) is 5.36. The summed E-state index contributed by atoms with van der Waals surface area (Å²) in [4.78, 5) is 0. The minimum atomic E-state index is -3.63. The fraction of sp³-hybridized carbons (Fsp3) is 0.500. The standard InChI is InChI=1S/C10H15ClN2O3S2/c1-3-7(2)8(6-12-14)13-18(15,16)10-5-4-9(11)17-10/h4-8,13-14H,3H2,1-2H3/t7-,8+/m0/s1. The first-order valence-corrected chi connectivity index (χ1v) is 8.03. The van der Waals surface area contributed by atoms with E-state index >= 15 is 0 Å². The molecular formula is C10H15ClN2O3S2. The van der Waals surface area contributed by atoms with Gasteiger partial charge in [-0.2, -0.15) is 0 Å². The van der Waals surface area contributed by atoms with Crippen molar-refractivity contribution in [3.8, 4) is 0 Å². The largest absolute Gasteiger partial charge is 0.411 e. The molecular weight excluding hydrogens is 296 g/mol. The van der Waals surface area contributed by atoms with Crippen LogP contribution >= 0.6 is 22.9 Å². The summed E-state index contributed by atoms with van der Waals surface area (Å²) in [6.45, 7) is 3.80. The molecule has 0 aromatic carbocycles. The molecule has 2 N–H and O–H groups in total. The van der Waals surface area contributed by atoms with Crippen LogP contribution in [0.15, 0.2) is 21.5 Å². The van der Waals surface area contributed by atoms with E-state index < -0.39 is 16.1 Å². The van der Waals surface area contributed by atoms with Gasteiger partial charge in [-0.3, -0.25) is 0 Å². The summed E-state index contributed by atoms with van der Waals surface area (Å²) in [7, 11) is -3.63. The number of thiophene rings is 1. The van der Waals surface area contributed by atoms with Crippen molar-refractivity contribution in [2.24, 2.45) is 11.1 Å². The molecule has 0 aliphatic carbocycles. The maximum absolute atomic E-state index is 12.0. The van der Waals surface area contributed by atoms with Crippen molar-refractivity contribution in [2.75, 3.05) is 0 Å². The van der Waals surface area contributed by atoms with E-state index in [1.54, 1.807) is 0 Å². The molecule has 5 nitrogen and oxygen atoms in total. The van der Waals surface area contributed by atoms with Crippen molar-refractivity contribution < 1.29 is 13.6 Å². The van der Waals surface area contributed by atoms with E-state index in [1.165, 1.54) is 18.3 Å². The third-order valence-electron chi connectivity index (χ3n) is 2.59. The molecule has 1 rings (SSSR count). The molecule has 0 spiro atoms. The van der Waals surface area contributed by atoms with E-state index in [-0.39, 0.29) is 10.1 Å². The van der Waals surface area contributed by atoms with Gasteiger partial charge in [0.15, 0.2) is 0 Å². The van der Waals surface area contributed by atoms with Crippen LogP contribution in [-0.2, 0) is 10.0 Å². The Hall–Kier alpha value is -0.630. The summed E-state index contributed by atoms with van der Waals surface area (Å²) in [6, 6.07) is 2.42. The average molecular weight is 311 g/mol. The van der Waals surface area contributed by atoms with Crippen LogP contribution in [0.4, 0.5) is 0 Å². The number of rotatable bonds is 6. The van der Waals surface area contributed by atoms with Crippen LogP contribution < -0.4 is 4.72 Å². The van der Waals surface area contributed by atoms with Gasteiger partial charge in [-0.05, 0) is 18.1 Å². The Balaban J connectivity index is 2.92. The highest BCUT2D eigenvalue weighted by Gasteiger charge is 2.24. The lowest BCUT2D eigenvalue weighted by Gasteiger charge is -2.19.